The van der Waals surface area contributed by atoms with Crippen molar-refractivity contribution in [1.29, 1.82) is 0 Å². The maximum Gasteiger partial charge on any atom is 0.269 e. The third-order valence-electron chi connectivity index (χ3n) is 3.23. The third-order valence-corrected chi connectivity index (χ3v) is 5.33. The van der Waals surface area contributed by atoms with Crippen molar-refractivity contribution in [2.24, 2.45) is 5.92 Å². The Morgan fingerprint density at radius 1 is 1.38 bits per heavy atom. The molecule has 3 rings (SSSR count). The van der Waals surface area contributed by atoms with Crippen LogP contribution in [0.1, 0.15) is 23.5 Å². The van der Waals surface area contributed by atoms with Crippen molar-refractivity contribution in [1.82, 2.24) is 25.5 Å². The number of halogens is 2. The second-order valence-corrected chi connectivity index (χ2v) is 8.13. The summed E-state index contributed by atoms with van der Waals surface area (Å²) < 4.78 is 0.824. The summed E-state index contributed by atoms with van der Waals surface area (Å²) in [5, 5.41) is 19.0. The minimum Gasteiger partial charge on any atom is -0.298 e. The van der Waals surface area contributed by atoms with Crippen LogP contribution in [0.15, 0.2) is 18.2 Å². The Morgan fingerprint density at radius 2 is 2.15 bits per heavy atom. The van der Waals surface area contributed by atoms with Gasteiger partial charge in [0.1, 0.15) is 4.88 Å². The van der Waals surface area contributed by atoms with E-state index in [0.29, 0.717) is 27.4 Å². The zero-order chi connectivity index (χ0) is 18.8. The van der Waals surface area contributed by atoms with Gasteiger partial charge in [0.15, 0.2) is 5.11 Å². The van der Waals surface area contributed by atoms with Gasteiger partial charge >= 0.3 is 0 Å². The summed E-state index contributed by atoms with van der Waals surface area (Å²) in [6.07, 6.45) is 0. The van der Waals surface area contributed by atoms with Gasteiger partial charge in [-0.2, -0.15) is 4.80 Å². The van der Waals surface area contributed by atoms with Gasteiger partial charge in [-0.05, 0) is 35.5 Å². The molecule has 0 saturated heterocycles. The van der Waals surface area contributed by atoms with Crippen molar-refractivity contribution in [2.45, 2.75) is 20.4 Å². The normalized spacial score (nSPS) is 11.1. The van der Waals surface area contributed by atoms with Gasteiger partial charge in [-0.15, -0.1) is 16.4 Å². The summed E-state index contributed by atoms with van der Waals surface area (Å²) in [5.74, 6) is 0.178. The highest BCUT2D eigenvalue weighted by atomic mass is 35.5. The van der Waals surface area contributed by atoms with E-state index < -0.39 is 5.91 Å². The second kappa shape index (κ2) is 7.83. The minimum atomic E-state index is -0.417. The average molecular weight is 429 g/mol. The number of carbonyl (C=O) groups is 1. The number of hydrogen-bond acceptors (Lipinski definition) is 6. The predicted octanol–water partition coefficient (Wildman–Crippen LogP) is 3.98. The Labute approximate surface area is 168 Å². The number of thiophene rings is 1. The Hall–Kier alpha value is -1.81. The monoisotopic (exact) mass is 428 g/mol. The number of fused-ring (bicyclic) bond motifs is 1. The molecule has 0 fully saturated rings. The smallest absolute Gasteiger partial charge is 0.269 e. The Bertz CT molecular complexity index is 984. The lowest BCUT2D eigenvalue weighted by atomic mass is 10.2. The van der Waals surface area contributed by atoms with E-state index in [4.69, 9.17) is 35.4 Å². The standard InChI is InChI=1S/C15H14Cl2N6OS2/c1-7(2)6-23-21-14(20-22-23)19-15(25)18-13(24)12-11(17)9-4-3-8(16)5-10(9)26-12/h3-5,7H,6H2,1-2H3,(H2,18,19,21,24,25). The van der Waals surface area contributed by atoms with Crippen LogP contribution in [0.2, 0.25) is 10.0 Å². The molecule has 2 heterocycles. The van der Waals surface area contributed by atoms with Crippen molar-refractivity contribution in [2.75, 3.05) is 5.32 Å². The van der Waals surface area contributed by atoms with E-state index in [-0.39, 0.29) is 11.1 Å². The van der Waals surface area contributed by atoms with Crippen LogP contribution < -0.4 is 10.6 Å². The van der Waals surface area contributed by atoms with Crippen LogP contribution in [0, 0.1) is 5.92 Å². The molecular weight excluding hydrogens is 415 g/mol. The van der Waals surface area contributed by atoms with Crippen molar-refractivity contribution in [3.63, 3.8) is 0 Å². The molecule has 0 radical (unpaired) electrons. The van der Waals surface area contributed by atoms with Crippen LogP contribution in [-0.2, 0) is 6.54 Å². The van der Waals surface area contributed by atoms with Gasteiger partial charge in [0.2, 0.25) is 0 Å². The predicted molar refractivity (Wildman–Crippen MR) is 108 cm³/mol. The lowest BCUT2D eigenvalue weighted by Crippen LogP contribution is -2.34. The molecule has 0 unspecified atom stereocenters. The molecule has 26 heavy (non-hydrogen) atoms. The lowest BCUT2D eigenvalue weighted by Gasteiger charge is -2.05. The fourth-order valence-electron chi connectivity index (χ4n) is 2.17. The van der Waals surface area contributed by atoms with Crippen molar-refractivity contribution >= 4 is 73.8 Å². The van der Waals surface area contributed by atoms with Gasteiger partial charge in [-0.1, -0.05) is 48.2 Å². The molecule has 0 atom stereocenters. The first kappa shape index (κ1) is 19.0. The number of carbonyl (C=O) groups excluding carboxylic acids is 1. The van der Waals surface area contributed by atoms with Crippen molar-refractivity contribution < 1.29 is 4.79 Å². The highest BCUT2D eigenvalue weighted by Gasteiger charge is 2.18. The van der Waals surface area contributed by atoms with Gasteiger partial charge in [0.05, 0.1) is 11.6 Å². The highest BCUT2D eigenvalue weighted by molar-refractivity contribution is 7.80. The van der Waals surface area contributed by atoms with Crippen molar-refractivity contribution in [3.05, 3.63) is 33.1 Å². The first-order chi connectivity index (χ1) is 12.3. The molecule has 2 aromatic heterocycles. The Balaban J connectivity index is 1.68. The number of amides is 1. The van der Waals surface area contributed by atoms with Crippen LogP contribution in [-0.4, -0.2) is 31.2 Å². The first-order valence-corrected chi connectivity index (χ1v) is 9.59. The van der Waals surface area contributed by atoms with Crippen LogP contribution >= 0.6 is 46.8 Å². The number of tetrazole rings is 1. The molecule has 0 bridgehead atoms. The van der Waals surface area contributed by atoms with Crippen LogP contribution in [0.3, 0.4) is 0 Å². The SMILES string of the molecule is CC(C)Cn1nnc(NC(=S)NC(=O)c2sc3cc(Cl)ccc3c2Cl)n1. The van der Waals surface area contributed by atoms with E-state index in [0.717, 1.165) is 10.1 Å². The minimum absolute atomic E-state index is 0.0608. The molecule has 0 aliphatic carbocycles. The topological polar surface area (TPSA) is 84.7 Å². The second-order valence-electron chi connectivity index (χ2n) is 5.86. The fraction of sp³-hybridized carbons (Fsp3) is 0.267. The zero-order valence-electron chi connectivity index (χ0n) is 13.8. The van der Waals surface area contributed by atoms with Gasteiger partial charge in [-0.25, -0.2) is 0 Å². The van der Waals surface area contributed by atoms with Gasteiger partial charge in [-0.3, -0.25) is 15.4 Å². The van der Waals surface area contributed by atoms with Gasteiger partial charge < -0.3 is 0 Å². The number of rotatable bonds is 4. The average Bonchev–Trinajstić information content (AvgIpc) is 3.10. The number of nitrogens with zero attached hydrogens (tertiary/aromatic N) is 4. The Morgan fingerprint density at radius 3 is 2.88 bits per heavy atom. The van der Waals surface area contributed by atoms with Crippen molar-refractivity contribution in [3.8, 4) is 0 Å². The maximum absolute atomic E-state index is 12.5. The summed E-state index contributed by atoms with van der Waals surface area (Å²) >= 11 is 18.7. The van der Waals surface area contributed by atoms with Gasteiger partial charge in [0, 0.05) is 15.1 Å². The number of anilines is 1. The number of aromatic nitrogens is 4. The highest BCUT2D eigenvalue weighted by Crippen LogP contribution is 2.36. The number of thiocarbonyl (C=S) groups is 1. The molecule has 11 heteroatoms. The summed E-state index contributed by atoms with van der Waals surface area (Å²) in [5.41, 5.74) is 0. The number of nitrogens with one attached hydrogen (secondary N) is 2. The molecule has 0 aliphatic heterocycles. The summed E-state index contributed by atoms with van der Waals surface area (Å²) in [6.45, 7) is 4.72. The molecule has 0 aliphatic rings. The van der Waals surface area contributed by atoms with Crippen LogP contribution in [0.4, 0.5) is 5.95 Å². The first-order valence-electron chi connectivity index (χ1n) is 7.61. The molecule has 1 amide bonds. The zero-order valence-corrected chi connectivity index (χ0v) is 16.9. The molecule has 2 N–H and O–H groups in total. The number of hydrogen-bond donors (Lipinski definition) is 2. The maximum atomic E-state index is 12.5. The lowest BCUT2D eigenvalue weighted by molar-refractivity contribution is 0.0982. The largest absolute Gasteiger partial charge is 0.298 e. The third kappa shape index (κ3) is 4.29. The summed E-state index contributed by atoms with van der Waals surface area (Å²) in [6, 6.07) is 5.26. The van der Waals surface area contributed by atoms with Crippen LogP contribution in [0.5, 0.6) is 0 Å². The molecule has 1 aromatic carbocycles. The molecule has 0 spiro atoms. The molecule has 3 aromatic rings. The summed E-state index contributed by atoms with van der Waals surface area (Å²) in [7, 11) is 0. The van der Waals surface area contributed by atoms with Gasteiger partial charge in [0.25, 0.3) is 11.9 Å². The van der Waals surface area contributed by atoms with E-state index in [2.05, 4.69) is 26.0 Å². The fourth-order valence-corrected chi connectivity index (χ4v) is 4.05. The van der Waals surface area contributed by atoms with E-state index in [1.807, 2.05) is 13.8 Å². The Kier molecular flexibility index (Phi) is 5.71. The van der Waals surface area contributed by atoms with E-state index >= 15 is 0 Å². The molecule has 7 nitrogen and oxygen atoms in total. The molecule has 136 valence electrons. The van der Waals surface area contributed by atoms with E-state index in [1.165, 1.54) is 16.1 Å². The summed E-state index contributed by atoms with van der Waals surface area (Å²) in [4.78, 5) is 14.3. The quantitative estimate of drug-likeness (QED) is 0.611. The number of benzene rings is 1. The molecular formula is C15H14Cl2N6OS2. The van der Waals surface area contributed by atoms with E-state index in [9.17, 15) is 4.79 Å². The van der Waals surface area contributed by atoms with E-state index in [1.54, 1.807) is 18.2 Å². The molecule has 0 saturated carbocycles. The van der Waals surface area contributed by atoms with Crippen LogP contribution in [0.25, 0.3) is 10.1 Å².